The fourth-order valence-electron chi connectivity index (χ4n) is 1.78. The number of carbonyl (C=O) groups is 2. The van der Waals surface area contributed by atoms with Crippen LogP contribution < -0.4 is 10.1 Å². The molecule has 0 aliphatic carbocycles. The van der Waals surface area contributed by atoms with Crippen LogP contribution in [0, 0.1) is 11.3 Å². The summed E-state index contributed by atoms with van der Waals surface area (Å²) in [7, 11) is 0. The number of nitrogens with one attached hydrogen (secondary N) is 1. The van der Waals surface area contributed by atoms with Gasteiger partial charge in [-0.25, -0.2) is 4.79 Å². The normalized spacial score (nSPS) is 9.83. The van der Waals surface area contributed by atoms with E-state index in [1.165, 1.54) is 11.3 Å². The van der Waals surface area contributed by atoms with Gasteiger partial charge in [0, 0.05) is 0 Å². The molecule has 0 bridgehead atoms. The Morgan fingerprint density at radius 3 is 2.67 bits per heavy atom. The first-order valence-corrected chi connectivity index (χ1v) is 8.19. The number of esters is 1. The van der Waals surface area contributed by atoms with Gasteiger partial charge in [0.1, 0.15) is 16.8 Å². The Labute approximate surface area is 143 Å². The van der Waals surface area contributed by atoms with E-state index >= 15 is 0 Å². The molecule has 24 heavy (non-hydrogen) atoms. The summed E-state index contributed by atoms with van der Waals surface area (Å²) in [5.41, 5.74) is 0.711. The van der Waals surface area contributed by atoms with E-state index in [4.69, 9.17) is 14.7 Å². The van der Waals surface area contributed by atoms with Crippen LogP contribution in [0.15, 0.2) is 35.7 Å². The van der Waals surface area contributed by atoms with E-state index in [1.807, 2.05) is 13.0 Å². The quantitative estimate of drug-likeness (QED) is 0.779. The molecular weight excluding hydrogens is 328 g/mol. The molecule has 0 unspecified atom stereocenters. The summed E-state index contributed by atoms with van der Waals surface area (Å²) in [5.74, 6) is -0.419. The van der Waals surface area contributed by atoms with Gasteiger partial charge in [-0.2, -0.15) is 5.26 Å². The molecule has 1 aromatic carbocycles. The number of hydrogen-bond acceptors (Lipinski definition) is 6. The molecule has 6 nitrogen and oxygen atoms in total. The average molecular weight is 344 g/mol. The standard InChI is InChI=1S/C17H16N2O4S/c1-2-8-22-14-5-3-12(4-6-14)17(21)23-11-15(20)19-16-13(10-18)7-9-24-16/h3-7,9H,2,8,11H2,1H3,(H,19,20). The van der Waals surface area contributed by atoms with E-state index < -0.39 is 18.5 Å². The van der Waals surface area contributed by atoms with E-state index in [9.17, 15) is 9.59 Å². The molecule has 7 heteroatoms. The molecule has 0 spiro atoms. The summed E-state index contributed by atoms with van der Waals surface area (Å²) in [6.45, 7) is 2.19. The third kappa shape index (κ3) is 4.83. The van der Waals surface area contributed by atoms with E-state index in [1.54, 1.807) is 35.7 Å². The van der Waals surface area contributed by atoms with Crippen LogP contribution in [0.4, 0.5) is 5.00 Å². The molecular formula is C17H16N2O4S. The molecule has 0 saturated carbocycles. The Morgan fingerprint density at radius 2 is 2.00 bits per heavy atom. The maximum Gasteiger partial charge on any atom is 0.338 e. The summed E-state index contributed by atoms with van der Waals surface area (Å²) in [6, 6.07) is 10.1. The van der Waals surface area contributed by atoms with Gasteiger partial charge < -0.3 is 14.8 Å². The van der Waals surface area contributed by atoms with Crippen LogP contribution in [-0.2, 0) is 9.53 Å². The largest absolute Gasteiger partial charge is 0.494 e. The molecule has 0 saturated heterocycles. The van der Waals surface area contributed by atoms with Gasteiger partial charge in [0.2, 0.25) is 0 Å². The Hall–Kier alpha value is -2.85. The Bertz CT molecular complexity index is 747. The molecule has 124 valence electrons. The first-order chi connectivity index (χ1) is 11.6. The van der Waals surface area contributed by atoms with Crippen LogP contribution >= 0.6 is 11.3 Å². The molecule has 2 aromatic rings. The molecule has 0 aliphatic heterocycles. The molecule has 1 heterocycles. The number of nitrogens with zero attached hydrogens (tertiary/aromatic N) is 1. The van der Waals surface area contributed by atoms with Crippen molar-refractivity contribution in [1.29, 1.82) is 5.26 Å². The first-order valence-electron chi connectivity index (χ1n) is 7.31. The van der Waals surface area contributed by atoms with Gasteiger partial charge in [0.05, 0.1) is 17.7 Å². The lowest BCUT2D eigenvalue weighted by Gasteiger charge is -2.07. The highest BCUT2D eigenvalue weighted by atomic mass is 32.1. The lowest BCUT2D eigenvalue weighted by molar-refractivity contribution is -0.119. The van der Waals surface area contributed by atoms with E-state index in [0.717, 1.165) is 6.42 Å². The number of rotatable bonds is 7. The fourth-order valence-corrected chi connectivity index (χ4v) is 2.53. The second kappa shape index (κ2) is 8.70. The van der Waals surface area contributed by atoms with Gasteiger partial charge >= 0.3 is 5.97 Å². The smallest absolute Gasteiger partial charge is 0.338 e. The Kier molecular flexibility index (Phi) is 6.34. The highest BCUT2D eigenvalue weighted by molar-refractivity contribution is 7.14. The van der Waals surface area contributed by atoms with E-state index in [2.05, 4.69) is 5.32 Å². The number of thiophene rings is 1. The highest BCUT2D eigenvalue weighted by Gasteiger charge is 2.12. The number of nitriles is 1. The van der Waals surface area contributed by atoms with Crippen molar-refractivity contribution in [3.05, 3.63) is 46.8 Å². The number of benzene rings is 1. The predicted molar refractivity (Wildman–Crippen MR) is 90.2 cm³/mol. The second-order valence-corrected chi connectivity index (χ2v) is 5.69. The van der Waals surface area contributed by atoms with Crippen LogP contribution in [0.25, 0.3) is 0 Å². The van der Waals surface area contributed by atoms with Crippen LogP contribution in [0.2, 0.25) is 0 Å². The minimum Gasteiger partial charge on any atom is -0.494 e. The Balaban J connectivity index is 1.84. The van der Waals surface area contributed by atoms with Gasteiger partial charge in [-0.15, -0.1) is 11.3 Å². The minimum absolute atomic E-state index is 0.334. The summed E-state index contributed by atoms with van der Waals surface area (Å²) in [4.78, 5) is 23.7. The highest BCUT2D eigenvalue weighted by Crippen LogP contribution is 2.21. The van der Waals surface area contributed by atoms with Crippen molar-refractivity contribution in [3.8, 4) is 11.8 Å². The molecule has 0 radical (unpaired) electrons. The lowest BCUT2D eigenvalue weighted by Crippen LogP contribution is -2.20. The molecule has 0 fully saturated rings. The number of hydrogen-bond donors (Lipinski definition) is 1. The number of ether oxygens (including phenoxy) is 2. The average Bonchev–Trinajstić information content (AvgIpc) is 3.05. The van der Waals surface area contributed by atoms with Gasteiger partial charge in [-0.3, -0.25) is 4.79 Å². The van der Waals surface area contributed by atoms with Crippen molar-refractivity contribution in [1.82, 2.24) is 0 Å². The number of carbonyl (C=O) groups excluding carboxylic acids is 2. The van der Waals surface area contributed by atoms with Crippen molar-refractivity contribution in [3.63, 3.8) is 0 Å². The van der Waals surface area contributed by atoms with Crippen molar-refractivity contribution in [2.45, 2.75) is 13.3 Å². The van der Waals surface area contributed by atoms with E-state index in [-0.39, 0.29) is 0 Å². The van der Waals surface area contributed by atoms with Crippen molar-refractivity contribution < 1.29 is 19.1 Å². The van der Waals surface area contributed by atoms with Crippen LogP contribution in [-0.4, -0.2) is 25.1 Å². The fraction of sp³-hybridized carbons (Fsp3) is 0.235. The molecule has 2 rings (SSSR count). The summed E-state index contributed by atoms with van der Waals surface area (Å²) >= 11 is 1.23. The molecule has 1 N–H and O–H groups in total. The monoisotopic (exact) mass is 344 g/mol. The molecule has 1 amide bonds. The van der Waals surface area contributed by atoms with Crippen LogP contribution in [0.3, 0.4) is 0 Å². The third-order valence-corrected chi connectivity index (χ3v) is 3.77. The van der Waals surface area contributed by atoms with Gasteiger partial charge in [-0.05, 0) is 42.1 Å². The lowest BCUT2D eigenvalue weighted by atomic mass is 10.2. The number of amides is 1. The summed E-state index contributed by atoms with van der Waals surface area (Å²) in [6.07, 6.45) is 0.899. The minimum atomic E-state index is -0.598. The maximum atomic E-state index is 11.9. The van der Waals surface area contributed by atoms with Gasteiger partial charge in [-0.1, -0.05) is 6.92 Å². The zero-order chi connectivity index (χ0) is 17.4. The summed E-state index contributed by atoms with van der Waals surface area (Å²) < 4.78 is 10.4. The Morgan fingerprint density at radius 1 is 1.25 bits per heavy atom. The first kappa shape index (κ1) is 17.5. The zero-order valence-corrected chi connectivity index (χ0v) is 13.9. The molecule has 0 atom stereocenters. The summed E-state index contributed by atoms with van der Waals surface area (Å²) in [5, 5.41) is 13.6. The predicted octanol–water partition coefficient (Wildman–Crippen LogP) is 3.20. The third-order valence-electron chi connectivity index (χ3n) is 2.94. The second-order valence-electron chi connectivity index (χ2n) is 4.77. The topological polar surface area (TPSA) is 88.4 Å². The van der Waals surface area contributed by atoms with Gasteiger partial charge in [0.15, 0.2) is 6.61 Å². The van der Waals surface area contributed by atoms with Crippen LogP contribution in [0.5, 0.6) is 5.75 Å². The van der Waals surface area contributed by atoms with Crippen molar-refractivity contribution >= 4 is 28.2 Å². The van der Waals surface area contributed by atoms with Crippen molar-refractivity contribution in [2.24, 2.45) is 0 Å². The maximum absolute atomic E-state index is 11.9. The molecule has 0 aliphatic rings. The SMILES string of the molecule is CCCOc1ccc(C(=O)OCC(=O)Nc2sccc2C#N)cc1. The zero-order valence-electron chi connectivity index (χ0n) is 13.1. The molecule has 1 aromatic heterocycles. The van der Waals surface area contributed by atoms with Crippen molar-refractivity contribution in [2.75, 3.05) is 18.5 Å². The van der Waals surface area contributed by atoms with E-state index in [0.29, 0.717) is 28.5 Å². The number of anilines is 1. The van der Waals surface area contributed by atoms with Crippen LogP contribution in [0.1, 0.15) is 29.3 Å². The van der Waals surface area contributed by atoms with Gasteiger partial charge in [0.25, 0.3) is 5.91 Å².